The van der Waals surface area contributed by atoms with Gasteiger partial charge in [0.25, 0.3) is 5.91 Å². The summed E-state index contributed by atoms with van der Waals surface area (Å²) in [5.74, 6) is 1.50. The molecular weight excluding hydrogens is 356 g/mol. The third kappa shape index (κ3) is 5.38. The second-order valence-corrected chi connectivity index (χ2v) is 6.26. The third-order valence-electron chi connectivity index (χ3n) is 4.33. The average Bonchev–Trinajstić information content (AvgIpc) is 2.77. The van der Waals surface area contributed by atoms with Gasteiger partial charge in [0.15, 0.2) is 5.96 Å². The van der Waals surface area contributed by atoms with Crippen molar-refractivity contribution >= 4 is 17.8 Å². The molecule has 9 heteroatoms. The summed E-state index contributed by atoms with van der Waals surface area (Å²) in [5, 5.41) is 6.20. The van der Waals surface area contributed by atoms with Crippen molar-refractivity contribution in [1.82, 2.24) is 30.5 Å². The van der Waals surface area contributed by atoms with Gasteiger partial charge in [-0.25, -0.2) is 9.97 Å². The maximum absolute atomic E-state index is 12.0. The van der Waals surface area contributed by atoms with Crippen LogP contribution >= 0.6 is 0 Å². The van der Waals surface area contributed by atoms with Gasteiger partial charge in [0, 0.05) is 64.1 Å². The van der Waals surface area contributed by atoms with Gasteiger partial charge in [0.2, 0.25) is 5.95 Å². The Kier molecular flexibility index (Phi) is 7.11. The summed E-state index contributed by atoms with van der Waals surface area (Å²) in [7, 11) is 0. The summed E-state index contributed by atoms with van der Waals surface area (Å²) >= 11 is 0. The van der Waals surface area contributed by atoms with E-state index in [1.54, 1.807) is 36.9 Å². The lowest BCUT2D eigenvalue weighted by atomic mass is 10.3. The first-order valence-electron chi connectivity index (χ1n) is 9.51. The van der Waals surface area contributed by atoms with Crippen LogP contribution in [0.2, 0.25) is 0 Å². The number of guanidine groups is 1. The molecule has 1 amide bonds. The zero-order valence-electron chi connectivity index (χ0n) is 16.1. The van der Waals surface area contributed by atoms with Gasteiger partial charge < -0.3 is 20.4 Å². The van der Waals surface area contributed by atoms with Gasteiger partial charge in [-0.05, 0) is 25.1 Å². The van der Waals surface area contributed by atoms with Crippen LogP contribution in [0.4, 0.5) is 5.95 Å². The Morgan fingerprint density at radius 3 is 2.57 bits per heavy atom. The Morgan fingerprint density at radius 2 is 1.89 bits per heavy atom. The molecule has 1 fully saturated rings. The largest absolute Gasteiger partial charge is 0.357 e. The van der Waals surface area contributed by atoms with Gasteiger partial charge in [-0.2, -0.15) is 0 Å². The molecule has 2 aromatic heterocycles. The maximum Gasteiger partial charge on any atom is 0.252 e. The topological polar surface area (TPSA) is 98.6 Å². The van der Waals surface area contributed by atoms with Gasteiger partial charge in [0.1, 0.15) is 0 Å². The van der Waals surface area contributed by atoms with E-state index in [1.807, 2.05) is 13.0 Å². The van der Waals surface area contributed by atoms with E-state index in [4.69, 9.17) is 0 Å². The molecule has 0 saturated carbocycles. The molecule has 1 aliphatic heterocycles. The van der Waals surface area contributed by atoms with Crippen molar-refractivity contribution in [3.63, 3.8) is 0 Å². The lowest BCUT2D eigenvalue weighted by molar-refractivity contribution is 0.0954. The number of hydrogen-bond acceptors (Lipinski definition) is 6. The quantitative estimate of drug-likeness (QED) is 0.424. The molecule has 0 aliphatic carbocycles. The van der Waals surface area contributed by atoms with Crippen LogP contribution in [0.1, 0.15) is 17.3 Å². The van der Waals surface area contributed by atoms with E-state index in [1.165, 1.54) is 0 Å². The number of piperazine rings is 1. The highest BCUT2D eigenvalue weighted by atomic mass is 16.1. The number of aromatic nitrogens is 3. The molecular formula is C19H26N8O. The van der Waals surface area contributed by atoms with E-state index in [9.17, 15) is 4.79 Å². The molecule has 0 unspecified atom stereocenters. The molecule has 2 N–H and O–H groups in total. The Labute approximate surface area is 164 Å². The number of amides is 1. The van der Waals surface area contributed by atoms with Crippen LogP contribution in [0.15, 0.2) is 48.0 Å². The van der Waals surface area contributed by atoms with E-state index < -0.39 is 0 Å². The van der Waals surface area contributed by atoms with Crippen LogP contribution < -0.4 is 15.5 Å². The summed E-state index contributed by atoms with van der Waals surface area (Å²) < 4.78 is 0. The molecule has 3 heterocycles. The first-order valence-corrected chi connectivity index (χ1v) is 9.51. The Balaban J connectivity index is 1.48. The van der Waals surface area contributed by atoms with Gasteiger partial charge in [-0.3, -0.25) is 14.8 Å². The van der Waals surface area contributed by atoms with E-state index in [0.717, 1.165) is 44.6 Å². The third-order valence-corrected chi connectivity index (χ3v) is 4.33. The number of nitrogens with zero attached hydrogens (tertiary/aromatic N) is 6. The molecule has 0 spiro atoms. The van der Waals surface area contributed by atoms with Crippen molar-refractivity contribution in [3.8, 4) is 0 Å². The predicted octanol–water partition coefficient (Wildman–Crippen LogP) is 0.389. The molecule has 0 radical (unpaired) electrons. The predicted molar refractivity (Wildman–Crippen MR) is 108 cm³/mol. The Bertz CT molecular complexity index is 760. The number of aliphatic imine (C=N–C) groups is 1. The summed E-state index contributed by atoms with van der Waals surface area (Å²) in [4.78, 5) is 33.7. The number of hydrogen-bond donors (Lipinski definition) is 2. The normalized spacial score (nSPS) is 14.7. The number of nitrogens with one attached hydrogen (secondary N) is 2. The van der Waals surface area contributed by atoms with Gasteiger partial charge >= 0.3 is 0 Å². The molecule has 3 rings (SSSR count). The average molecular weight is 382 g/mol. The summed E-state index contributed by atoms with van der Waals surface area (Å²) in [6, 6.07) is 5.31. The van der Waals surface area contributed by atoms with Gasteiger partial charge in [-0.1, -0.05) is 0 Å². The lowest BCUT2D eigenvalue weighted by Crippen LogP contribution is -2.53. The van der Waals surface area contributed by atoms with Crippen molar-refractivity contribution < 1.29 is 4.79 Å². The highest BCUT2D eigenvalue weighted by Gasteiger charge is 2.20. The molecule has 0 aromatic carbocycles. The van der Waals surface area contributed by atoms with Crippen molar-refractivity contribution in [1.29, 1.82) is 0 Å². The van der Waals surface area contributed by atoms with Crippen LogP contribution in [-0.4, -0.2) is 77.5 Å². The van der Waals surface area contributed by atoms with Crippen LogP contribution in [0.25, 0.3) is 0 Å². The fraction of sp³-hybridized carbons (Fsp3) is 0.421. The smallest absolute Gasteiger partial charge is 0.252 e. The molecule has 9 nitrogen and oxygen atoms in total. The van der Waals surface area contributed by atoms with Crippen LogP contribution in [0.5, 0.6) is 0 Å². The standard InChI is InChI=1S/C19H26N8O/c1-2-21-18(25-10-9-22-17(28)16-5-3-6-20-15-16)26-11-13-27(14-12-26)19-23-7-4-8-24-19/h3-8,15H,2,9-14H2,1H3,(H,21,25)(H,22,28). The monoisotopic (exact) mass is 382 g/mol. The highest BCUT2D eigenvalue weighted by molar-refractivity contribution is 5.93. The lowest BCUT2D eigenvalue weighted by Gasteiger charge is -2.36. The number of rotatable bonds is 6. The SMILES string of the molecule is CCNC(=NCCNC(=O)c1cccnc1)N1CCN(c2ncccn2)CC1. The second kappa shape index (κ2) is 10.2. The molecule has 0 atom stereocenters. The van der Waals surface area contributed by atoms with Crippen LogP contribution in [-0.2, 0) is 0 Å². The fourth-order valence-electron chi connectivity index (χ4n) is 2.93. The van der Waals surface area contributed by atoms with Gasteiger partial charge in [-0.15, -0.1) is 0 Å². The summed E-state index contributed by atoms with van der Waals surface area (Å²) in [6.45, 7) is 7.18. The van der Waals surface area contributed by atoms with E-state index in [2.05, 4.69) is 40.4 Å². The van der Waals surface area contributed by atoms with Crippen molar-refractivity contribution in [2.45, 2.75) is 6.92 Å². The Hall–Kier alpha value is -3.23. The number of anilines is 1. The van der Waals surface area contributed by atoms with E-state index in [-0.39, 0.29) is 5.91 Å². The molecule has 0 bridgehead atoms. The maximum atomic E-state index is 12.0. The van der Waals surface area contributed by atoms with Crippen LogP contribution in [0, 0.1) is 0 Å². The molecule has 2 aromatic rings. The molecule has 28 heavy (non-hydrogen) atoms. The summed E-state index contributed by atoms with van der Waals surface area (Å²) in [6.07, 6.45) is 6.73. The minimum Gasteiger partial charge on any atom is -0.357 e. The van der Waals surface area contributed by atoms with Crippen molar-refractivity contribution in [2.75, 3.05) is 50.7 Å². The Morgan fingerprint density at radius 1 is 1.11 bits per heavy atom. The minimum absolute atomic E-state index is 0.134. The highest BCUT2D eigenvalue weighted by Crippen LogP contribution is 2.09. The van der Waals surface area contributed by atoms with Crippen molar-refractivity contribution in [2.24, 2.45) is 4.99 Å². The zero-order valence-corrected chi connectivity index (χ0v) is 16.1. The number of pyridine rings is 1. The fourth-order valence-corrected chi connectivity index (χ4v) is 2.93. The molecule has 148 valence electrons. The molecule has 1 aliphatic rings. The zero-order chi connectivity index (χ0) is 19.6. The van der Waals surface area contributed by atoms with E-state index >= 15 is 0 Å². The van der Waals surface area contributed by atoms with Crippen molar-refractivity contribution in [3.05, 3.63) is 48.5 Å². The first kappa shape index (κ1) is 19.5. The first-order chi connectivity index (χ1) is 13.8. The molecule has 1 saturated heterocycles. The number of carbonyl (C=O) groups excluding carboxylic acids is 1. The van der Waals surface area contributed by atoms with Crippen LogP contribution in [0.3, 0.4) is 0 Å². The second-order valence-electron chi connectivity index (χ2n) is 6.26. The number of carbonyl (C=O) groups is 1. The van der Waals surface area contributed by atoms with E-state index in [0.29, 0.717) is 18.7 Å². The minimum atomic E-state index is -0.134. The summed E-state index contributed by atoms with van der Waals surface area (Å²) in [5.41, 5.74) is 0.553. The van der Waals surface area contributed by atoms with Gasteiger partial charge in [0.05, 0.1) is 12.1 Å².